The molecule has 0 spiro atoms. The van der Waals surface area contributed by atoms with E-state index in [-0.39, 0.29) is 24.8 Å². The van der Waals surface area contributed by atoms with Crippen LogP contribution in [0.2, 0.25) is 0 Å². The third-order valence-electron chi connectivity index (χ3n) is 4.21. The number of amides is 1. The van der Waals surface area contributed by atoms with Crippen molar-refractivity contribution in [3.8, 4) is 11.3 Å². The third-order valence-corrected chi connectivity index (χ3v) is 4.45. The lowest BCUT2D eigenvalue weighted by molar-refractivity contribution is -0.154. The van der Waals surface area contributed by atoms with Crippen LogP contribution in [0.1, 0.15) is 43.1 Å². The Morgan fingerprint density at radius 1 is 1.10 bits per heavy atom. The van der Waals surface area contributed by atoms with Crippen molar-refractivity contribution >= 4 is 34.7 Å². The van der Waals surface area contributed by atoms with Gasteiger partial charge < -0.3 is 20.2 Å². The molecule has 2 aromatic heterocycles. The largest absolute Gasteiger partial charge is 0.460 e. The van der Waals surface area contributed by atoms with Gasteiger partial charge in [-0.15, -0.1) is 0 Å². The fraction of sp³-hybridized carbons (Fsp3) is 0.273. The quantitative estimate of drug-likeness (QED) is 0.466. The zero-order chi connectivity index (χ0) is 21.9. The minimum absolute atomic E-state index is 0.114. The van der Waals surface area contributed by atoms with Crippen LogP contribution in [0.15, 0.2) is 48.8 Å². The summed E-state index contributed by atoms with van der Waals surface area (Å²) in [5, 5.41) is 2.74. The third kappa shape index (κ3) is 5.42. The molecule has 0 fully saturated rings. The smallest absolute Gasteiger partial charge is 0.308 e. The fourth-order valence-corrected chi connectivity index (χ4v) is 2.98. The summed E-state index contributed by atoms with van der Waals surface area (Å²) in [5.41, 5.74) is 8.77. The molecule has 8 heteroatoms. The second-order valence-corrected chi connectivity index (χ2v) is 8.28. The SMILES string of the molecule is CC(C)(C)OC(=O)CCNC(=O)c1ccc2nc(-c3ccc(C(N)=S)cc3)cn2c1. The summed E-state index contributed by atoms with van der Waals surface area (Å²) >= 11 is 4.98. The molecule has 0 radical (unpaired) electrons. The van der Waals surface area contributed by atoms with Crippen LogP contribution < -0.4 is 11.1 Å². The second-order valence-electron chi connectivity index (χ2n) is 7.84. The Morgan fingerprint density at radius 2 is 1.77 bits per heavy atom. The van der Waals surface area contributed by atoms with Crippen LogP contribution in [-0.4, -0.2) is 38.4 Å². The first-order chi connectivity index (χ1) is 14.1. The van der Waals surface area contributed by atoms with Gasteiger partial charge in [0.05, 0.1) is 17.7 Å². The molecule has 3 aromatic rings. The van der Waals surface area contributed by atoms with E-state index >= 15 is 0 Å². The molecule has 3 rings (SSSR count). The Hall–Kier alpha value is -3.26. The maximum absolute atomic E-state index is 12.4. The van der Waals surface area contributed by atoms with Crippen molar-refractivity contribution in [3.05, 3.63) is 59.9 Å². The number of thiocarbonyl (C=S) groups is 1. The van der Waals surface area contributed by atoms with E-state index in [2.05, 4.69) is 10.3 Å². The van der Waals surface area contributed by atoms with E-state index in [9.17, 15) is 9.59 Å². The van der Waals surface area contributed by atoms with E-state index in [0.717, 1.165) is 16.8 Å². The Kier molecular flexibility index (Phi) is 6.17. The van der Waals surface area contributed by atoms with E-state index in [1.807, 2.05) is 30.5 Å². The van der Waals surface area contributed by atoms with Gasteiger partial charge in [0.2, 0.25) is 0 Å². The molecule has 2 heterocycles. The van der Waals surface area contributed by atoms with E-state index < -0.39 is 5.60 Å². The summed E-state index contributed by atoms with van der Waals surface area (Å²) in [5.74, 6) is -0.615. The number of ether oxygens (including phenoxy) is 1. The van der Waals surface area contributed by atoms with Crippen molar-refractivity contribution in [2.24, 2.45) is 5.73 Å². The highest BCUT2D eigenvalue weighted by Crippen LogP contribution is 2.20. The van der Waals surface area contributed by atoms with Crippen molar-refractivity contribution in [1.29, 1.82) is 0 Å². The number of pyridine rings is 1. The van der Waals surface area contributed by atoms with Crippen LogP contribution >= 0.6 is 12.2 Å². The highest BCUT2D eigenvalue weighted by atomic mass is 32.1. The summed E-state index contributed by atoms with van der Waals surface area (Å²) in [6.07, 6.45) is 3.67. The lowest BCUT2D eigenvalue weighted by Gasteiger charge is -2.19. The number of nitrogens with one attached hydrogen (secondary N) is 1. The number of esters is 1. The van der Waals surface area contributed by atoms with Crippen LogP contribution in [0.5, 0.6) is 0 Å². The lowest BCUT2D eigenvalue weighted by atomic mass is 10.1. The van der Waals surface area contributed by atoms with Gasteiger partial charge in [-0.25, -0.2) is 4.98 Å². The van der Waals surface area contributed by atoms with Gasteiger partial charge in [-0.1, -0.05) is 36.5 Å². The minimum Gasteiger partial charge on any atom is -0.460 e. The second kappa shape index (κ2) is 8.62. The van der Waals surface area contributed by atoms with Crippen molar-refractivity contribution in [2.45, 2.75) is 32.8 Å². The Morgan fingerprint density at radius 3 is 2.40 bits per heavy atom. The topological polar surface area (TPSA) is 98.7 Å². The Labute approximate surface area is 180 Å². The number of aromatic nitrogens is 2. The van der Waals surface area contributed by atoms with Crippen LogP contribution in [0, 0.1) is 0 Å². The summed E-state index contributed by atoms with van der Waals surface area (Å²) < 4.78 is 7.02. The molecule has 30 heavy (non-hydrogen) atoms. The number of carbonyl (C=O) groups is 2. The number of rotatable bonds is 6. The fourth-order valence-electron chi connectivity index (χ4n) is 2.84. The molecule has 0 aliphatic carbocycles. The van der Waals surface area contributed by atoms with Gasteiger partial charge in [0.15, 0.2) is 0 Å². The van der Waals surface area contributed by atoms with Gasteiger partial charge in [0, 0.05) is 30.1 Å². The van der Waals surface area contributed by atoms with Crippen molar-refractivity contribution in [1.82, 2.24) is 14.7 Å². The number of fused-ring (bicyclic) bond motifs is 1. The average molecular weight is 425 g/mol. The molecule has 0 bridgehead atoms. The zero-order valence-corrected chi connectivity index (χ0v) is 18.0. The standard InChI is InChI=1S/C22H24N4O3S/c1-22(2,3)29-19(27)10-11-24-21(28)16-8-9-18-25-17(13-26(18)12-16)14-4-6-15(7-5-14)20(23)30/h4-9,12-13H,10-11H2,1-3H3,(H2,23,30)(H,24,28). The molecule has 0 aliphatic rings. The number of nitrogens with two attached hydrogens (primary N) is 1. The summed E-state index contributed by atoms with van der Waals surface area (Å²) in [6.45, 7) is 5.62. The summed E-state index contributed by atoms with van der Waals surface area (Å²) in [4.78, 5) is 29.1. The molecule has 156 valence electrons. The summed E-state index contributed by atoms with van der Waals surface area (Å²) in [6, 6.07) is 11.0. The monoisotopic (exact) mass is 424 g/mol. The number of benzene rings is 1. The van der Waals surface area contributed by atoms with Crippen LogP contribution in [0.4, 0.5) is 0 Å². The maximum Gasteiger partial charge on any atom is 0.308 e. The van der Waals surface area contributed by atoms with E-state index in [1.54, 1.807) is 43.5 Å². The van der Waals surface area contributed by atoms with Crippen molar-refractivity contribution < 1.29 is 14.3 Å². The van der Waals surface area contributed by atoms with Crippen molar-refractivity contribution in [3.63, 3.8) is 0 Å². The van der Waals surface area contributed by atoms with Gasteiger partial charge in [-0.05, 0) is 32.9 Å². The molecular weight excluding hydrogens is 400 g/mol. The average Bonchev–Trinajstić information content (AvgIpc) is 3.09. The zero-order valence-electron chi connectivity index (χ0n) is 17.1. The highest BCUT2D eigenvalue weighted by Gasteiger charge is 2.16. The Bertz CT molecular complexity index is 1100. The van der Waals surface area contributed by atoms with Gasteiger partial charge >= 0.3 is 5.97 Å². The van der Waals surface area contributed by atoms with Crippen LogP contribution in [0.25, 0.3) is 16.9 Å². The van der Waals surface area contributed by atoms with Gasteiger partial charge in [-0.2, -0.15) is 0 Å². The summed E-state index contributed by atoms with van der Waals surface area (Å²) in [7, 11) is 0. The molecule has 1 amide bonds. The number of carbonyl (C=O) groups excluding carboxylic acids is 2. The first-order valence-electron chi connectivity index (χ1n) is 9.51. The first kappa shape index (κ1) is 21.4. The van der Waals surface area contributed by atoms with Gasteiger partial charge in [0.25, 0.3) is 5.91 Å². The number of hydrogen-bond acceptors (Lipinski definition) is 5. The first-order valence-corrected chi connectivity index (χ1v) is 9.92. The van der Waals surface area contributed by atoms with E-state index in [4.69, 9.17) is 22.7 Å². The highest BCUT2D eigenvalue weighted by molar-refractivity contribution is 7.80. The molecule has 0 saturated heterocycles. The van der Waals surface area contributed by atoms with Crippen molar-refractivity contribution in [2.75, 3.05) is 6.54 Å². The Balaban J connectivity index is 1.67. The molecule has 0 saturated carbocycles. The van der Waals surface area contributed by atoms with Crippen LogP contribution in [0.3, 0.4) is 0 Å². The molecule has 1 aromatic carbocycles. The predicted molar refractivity (Wildman–Crippen MR) is 119 cm³/mol. The van der Waals surface area contributed by atoms with Gasteiger partial charge in [-0.3, -0.25) is 9.59 Å². The molecule has 0 aliphatic heterocycles. The molecule has 0 atom stereocenters. The van der Waals surface area contributed by atoms with E-state index in [0.29, 0.717) is 16.2 Å². The molecule has 0 unspecified atom stereocenters. The molecular formula is C22H24N4O3S. The van der Waals surface area contributed by atoms with Crippen LogP contribution in [-0.2, 0) is 9.53 Å². The maximum atomic E-state index is 12.4. The number of hydrogen-bond donors (Lipinski definition) is 2. The lowest BCUT2D eigenvalue weighted by Crippen LogP contribution is -2.29. The minimum atomic E-state index is -0.540. The van der Waals surface area contributed by atoms with Gasteiger partial charge in [0.1, 0.15) is 16.2 Å². The number of imidazole rings is 1. The van der Waals surface area contributed by atoms with E-state index in [1.165, 1.54) is 0 Å². The predicted octanol–water partition coefficient (Wildman–Crippen LogP) is 3.10. The molecule has 7 nitrogen and oxygen atoms in total. The number of nitrogens with zero attached hydrogens (tertiary/aromatic N) is 2. The normalized spacial score (nSPS) is 11.3. The molecule has 3 N–H and O–H groups in total.